The Kier molecular flexibility index (Phi) is 7.33. The number of aryl methyl sites for hydroxylation is 2. The standard InChI is InChI=1S/C26H30FN5O3/c1-5-8-17-21(26(33)28-3)24(31-19-10-7-9-16(27)25(19)34-4)23(30-17)15-13-14-29-18-11-12-20(35-6-2)32-22(15)18/h7,9-10,13-14,30-31H,5-6,8,11-12H2,1-4H3,(H,28,33). The number of hydrogen-bond donors (Lipinski definition) is 3. The number of ether oxygens (including phenoxy) is 2. The lowest BCUT2D eigenvalue weighted by Crippen LogP contribution is -2.20. The number of aromatic nitrogens is 2. The van der Waals surface area contributed by atoms with E-state index in [0.717, 1.165) is 23.4 Å². The van der Waals surface area contributed by atoms with Gasteiger partial charge >= 0.3 is 0 Å². The Balaban J connectivity index is 1.96. The van der Waals surface area contributed by atoms with Gasteiger partial charge in [0.2, 0.25) is 0 Å². The molecule has 8 nitrogen and oxygen atoms in total. The zero-order valence-electron chi connectivity index (χ0n) is 20.4. The van der Waals surface area contributed by atoms with E-state index < -0.39 is 5.82 Å². The van der Waals surface area contributed by atoms with Crippen molar-refractivity contribution in [2.24, 2.45) is 4.99 Å². The fourth-order valence-corrected chi connectivity index (χ4v) is 4.32. The van der Waals surface area contributed by atoms with Gasteiger partial charge in [-0.15, -0.1) is 0 Å². The average molecular weight is 480 g/mol. The summed E-state index contributed by atoms with van der Waals surface area (Å²) in [5, 5.41) is 6.01. The number of methoxy groups -OCH3 is 1. The first-order valence-corrected chi connectivity index (χ1v) is 11.8. The van der Waals surface area contributed by atoms with Crippen LogP contribution in [0.4, 0.5) is 21.5 Å². The van der Waals surface area contributed by atoms with E-state index in [1.54, 1.807) is 25.4 Å². The van der Waals surface area contributed by atoms with Crippen molar-refractivity contribution in [1.82, 2.24) is 15.3 Å². The van der Waals surface area contributed by atoms with Gasteiger partial charge < -0.3 is 25.1 Å². The molecule has 0 bridgehead atoms. The summed E-state index contributed by atoms with van der Waals surface area (Å²) in [6, 6.07) is 6.49. The minimum Gasteiger partial charge on any atom is -0.492 e. The molecule has 184 valence electrons. The van der Waals surface area contributed by atoms with Crippen molar-refractivity contribution < 1.29 is 18.7 Å². The van der Waals surface area contributed by atoms with Crippen molar-refractivity contribution in [1.29, 1.82) is 0 Å². The van der Waals surface area contributed by atoms with Gasteiger partial charge in [-0.05, 0) is 31.5 Å². The smallest absolute Gasteiger partial charge is 0.254 e. The van der Waals surface area contributed by atoms with Crippen molar-refractivity contribution in [2.45, 2.75) is 39.5 Å². The molecular formula is C26H30FN5O3. The molecule has 0 atom stereocenters. The summed E-state index contributed by atoms with van der Waals surface area (Å²) >= 11 is 0. The van der Waals surface area contributed by atoms with E-state index in [9.17, 15) is 9.18 Å². The molecule has 0 unspecified atom stereocenters. The van der Waals surface area contributed by atoms with Crippen LogP contribution in [0.2, 0.25) is 0 Å². The monoisotopic (exact) mass is 479 g/mol. The maximum Gasteiger partial charge on any atom is 0.254 e. The molecule has 1 aromatic carbocycles. The molecule has 9 heteroatoms. The maximum atomic E-state index is 14.5. The summed E-state index contributed by atoms with van der Waals surface area (Å²) in [6.07, 6.45) is 4.60. The molecule has 3 aromatic rings. The third kappa shape index (κ3) is 4.71. The topological polar surface area (TPSA) is 101 Å². The van der Waals surface area contributed by atoms with Crippen LogP contribution in [-0.2, 0) is 17.6 Å². The molecule has 3 heterocycles. The van der Waals surface area contributed by atoms with Crippen LogP contribution in [-0.4, -0.2) is 42.5 Å². The first kappa shape index (κ1) is 24.3. The molecule has 0 saturated heterocycles. The highest BCUT2D eigenvalue weighted by molar-refractivity contribution is 6.06. The lowest BCUT2D eigenvalue weighted by atomic mass is 10.0. The van der Waals surface area contributed by atoms with Gasteiger partial charge in [0, 0.05) is 37.3 Å². The van der Waals surface area contributed by atoms with Crippen LogP contribution in [0.25, 0.3) is 11.3 Å². The predicted octanol–water partition coefficient (Wildman–Crippen LogP) is 5.29. The van der Waals surface area contributed by atoms with Gasteiger partial charge in [0.15, 0.2) is 17.5 Å². The van der Waals surface area contributed by atoms with Crippen molar-refractivity contribution >= 4 is 28.9 Å². The summed E-state index contributed by atoms with van der Waals surface area (Å²) in [4.78, 5) is 25.8. The molecule has 1 aliphatic heterocycles. The van der Waals surface area contributed by atoms with Gasteiger partial charge in [0.05, 0.1) is 47.7 Å². The number of rotatable bonds is 8. The molecule has 3 N–H and O–H groups in total. The first-order valence-electron chi connectivity index (χ1n) is 11.8. The van der Waals surface area contributed by atoms with Crippen molar-refractivity contribution in [3.05, 3.63) is 53.2 Å². The van der Waals surface area contributed by atoms with Crippen LogP contribution >= 0.6 is 0 Å². The molecule has 2 aromatic heterocycles. The minimum atomic E-state index is -0.503. The molecule has 1 aliphatic rings. The SMILES string of the molecule is CCCc1[nH]c(-c2ccnc3c2N=C(OCC)CC3)c(Nc2cccc(F)c2OC)c1C(=O)NC. The van der Waals surface area contributed by atoms with Crippen molar-refractivity contribution in [2.75, 3.05) is 26.1 Å². The molecule has 0 saturated carbocycles. The van der Waals surface area contributed by atoms with E-state index in [1.807, 2.05) is 19.9 Å². The number of H-pyrrole nitrogens is 1. The van der Waals surface area contributed by atoms with Gasteiger partial charge in [-0.2, -0.15) is 0 Å². The Morgan fingerprint density at radius 3 is 2.77 bits per heavy atom. The van der Waals surface area contributed by atoms with Gasteiger partial charge in [0.25, 0.3) is 5.91 Å². The number of hydrogen-bond acceptors (Lipinski definition) is 6. The van der Waals surface area contributed by atoms with Crippen LogP contribution in [0.15, 0.2) is 35.5 Å². The highest BCUT2D eigenvalue weighted by Crippen LogP contribution is 2.43. The second-order valence-corrected chi connectivity index (χ2v) is 8.10. The van der Waals surface area contributed by atoms with Crippen molar-refractivity contribution in [3.63, 3.8) is 0 Å². The van der Waals surface area contributed by atoms with E-state index in [2.05, 4.69) is 20.6 Å². The van der Waals surface area contributed by atoms with Gasteiger partial charge in [0.1, 0.15) is 0 Å². The third-order valence-corrected chi connectivity index (χ3v) is 5.86. The largest absolute Gasteiger partial charge is 0.492 e. The summed E-state index contributed by atoms with van der Waals surface area (Å²) in [5.74, 6) is -0.0391. The predicted molar refractivity (Wildman–Crippen MR) is 135 cm³/mol. The van der Waals surface area contributed by atoms with Crippen LogP contribution in [0, 0.1) is 5.82 Å². The number of pyridine rings is 1. The fourth-order valence-electron chi connectivity index (χ4n) is 4.32. The maximum absolute atomic E-state index is 14.5. The quantitative estimate of drug-likeness (QED) is 0.407. The zero-order valence-corrected chi connectivity index (χ0v) is 20.4. The summed E-state index contributed by atoms with van der Waals surface area (Å²) in [6.45, 7) is 4.50. The Labute approximate surface area is 204 Å². The Morgan fingerprint density at radius 1 is 1.23 bits per heavy atom. The lowest BCUT2D eigenvalue weighted by Gasteiger charge is -2.18. The molecule has 0 spiro atoms. The van der Waals surface area contributed by atoms with Crippen LogP contribution in [0.3, 0.4) is 0 Å². The van der Waals surface area contributed by atoms with E-state index in [0.29, 0.717) is 60.1 Å². The highest BCUT2D eigenvalue weighted by Gasteiger charge is 2.27. The molecule has 1 amide bonds. The molecule has 35 heavy (non-hydrogen) atoms. The highest BCUT2D eigenvalue weighted by atomic mass is 19.1. The van der Waals surface area contributed by atoms with E-state index in [4.69, 9.17) is 14.5 Å². The fraction of sp³-hybridized carbons (Fsp3) is 0.346. The second-order valence-electron chi connectivity index (χ2n) is 8.10. The number of carbonyl (C=O) groups excluding carboxylic acids is 1. The number of fused-ring (bicyclic) bond motifs is 1. The number of amides is 1. The normalized spacial score (nSPS) is 12.5. The number of halogens is 1. The Bertz CT molecular complexity index is 1270. The van der Waals surface area contributed by atoms with Crippen LogP contribution in [0.1, 0.15) is 48.4 Å². The number of nitrogens with one attached hydrogen (secondary N) is 3. The van der Waals surface area contributed by atoms with Crippen LogP contribution < -0.4 is 15.4 Å². The minimum absolute atomic E-state index is 0.0629. The third-order valence-electron chi connectivity index (χ3n) is 5.86. The number of para-hydroxylation sites is 1. The number of aromatic amines is 1. The zero-order chi connectivity index (χ0) is 24.9. The molecule has 0 aliphatic carbocycles. The summed E-state index contributed by atoms with van der Waals surface area (Å²) in [5.41, 5.74) is 5.15. The molecular weight excluding hydrogens is 449 g/mol. The van der Waals surface area contributed by atoms with Crippen molar-refractivity contribution in [3.8, 4) is 17.0 Å². The van der Waals surface area contributed by atoms with E-state index in [1.165, 1.54) is 13.2 Å². The van der Waals surface area contributed by atoms with Gasteiger partial charge in [-0.25, -0.2) is 9.38 Å². The van der Waals surface area contributed by atoms with Gasteiger partial charge in [-0.3, -0.25) is 9.78 Å². The Morgan fingerprint density at radius 2 is 2.06 bits per heavy atom. The first-order chi connectivity index (χ1) is 17.0. The van der Waals surface area contributed by atoms with E-state index in [-0.39, 0.29) is 11.7 Å². The van der Waals surface area contributed by atoms with E-state index >= 15 is 0 Å². The summed E-state index contributed by atoms with van der Waals surface area (Å²) < 4.78 is 25.5. The number of anilines is 2. The number of nitrogens with zero attached hydrogens (tertiary/aromatic N) is 2. The summed E-state index contributed by atoms with van der Waals surface area (Å²) in [7, 11) is 3.00. The molecule has 0 fully saturated rings. The van der Waals surface area contributed by atoms with Gasteiger partial charge in [-0.1, -0.05) is 19.4 Å². The second kappa shape index (κ2) is 10.6. The lowest BCUT2D eigenvalue weighted by molar-refractivity contribution is 0.0963. The number of carbonyl (C=O) groups is 1. The molecule has 0 radical (unpaired) electrons. The average Bonchev–Trinajstić information content (AvgIpc) is 3.21. The number of benzene rings is 1. The molecule has 4 rings (SSSR count). The Hall–Kier alpha value is -3.88. The van der Waals surface area contributed by atoms with Crippen LogP contribution in [0.5, 0.6) is 5.75 Å². The number of aliphatic imine (C=N–C) groups is 1.